The monoisotopic (exact) mass is 271 g/mol. The van der Waals surface area contributed by atoms with Crippen LogP contribution in [0.1, 0.15) is 25.0 Å². The van der Waals surface area contributed by atoms with E-state index in [1.165, 1.54) is 12.1 Å². The van der Waals surface area contributed by atoms with Crippen LogP contribution in [0.5, 0.6) is 0 Å². The van der Waals surface area contributed by atoms with Gasteiger partial charge in [-0.3, -0.25) is 4.90 Å². The number of morpholine rings is 1. The van der Waals surface area contributed by atoms with Crippen LogP contribution < -0.4 is 0 Å². The topological polar surface area (TPSA) is 32.7 Å². The lowest BCUT2D eigenvalue weighted by molar-refractivity contribution is -0.0436. The number of β-amino-alcohol motifs (C(OH)–C–C–N with tert-alkyl or cyclic N) is 1. The molecule has 1 N–H and O–H groups in total. The van der Waals surface area contributed by atoms with Gasteiger partial charge in [0.1, 0.15) is 11.6 Å². The summed E-state index contributed by atoms with van der Waals surface area (Å²) in [6, 6.07) is 3.54. The Balaban J connectivity index is 2.04. The summed E-state index contributed by atoms with van der Waals surface area (Å²) in [5.41, 5.74) is 0.372. The summed E-state index contributed by atoms with van der Waals surface area (Å²) in [7, 11) is 0. The van der Waals surface area contributed by atoms with Crippen molar-refractivity contribution in [1.29, 1.82) is 0 Å². The molecule has 0 unspecified atom stereocenters. The minimum Gasteiger partial charge on any atom is -0.392 e. The zero-order valence-corrected chi connectivity index (χ0v) is 11.0. The van der Waals surface area contributed by atoms with Crippen LogP contribution in [0.3, 0.4) is 0 Å². The van der Waals surface area contributed by atoms with Crippen LogP contribution in [0, 0.1) is 11.6 Å². The first-order chi connectivity index (χ1) is 9.10. The number of hydrogen-bond acceptors (Lipinski definition) is 3. The molecule has 0 radical (unpaired) electrons. The van der Waals surface area contributed by atoms with Crippen LogP contribution in [-0.2, 0) is 4.74 Å². The Morgan fingerprint density at radius 2 is 2.26 bits per heavy atom. The van der Waals surface area contributed by atoms with Crippen molar-refractivity contribution >= 4 is 0 Å². The van der Waals surface area contributed by atoms with Gasteiger partial charge in [0.05, 0.1) is 18.8 Å². The van der Waals surface area contributed by atoms with Gasteiger partial charge in [-0.25, -0.2) is 8.78 Å². The first-order valence-electron chi connectivity index (χ1n) is 6.57. The quantitative estimate of drug-likeness (QED) is 0.910. The largest absolute Gasteiger partial charge is 0.392 e. The number of rotatable bonds is 4. The van der Waals surface area contributed by atoms with E-state index in [-0.39, 0.29) is 6.10 Å². The van der Waals surface area contributed by atoms with Gasteiger partial charge in [-0.1, -0.05) is 13.0 Å². The summed E-state index contributed by atoms with van der Waals surface area (Å²) >= 11 is 0. The molecule has 1 saturated heterocycles. The van der Waals surface area contributed by atoms with E-state index in [0.29, 0.717) is 31.7 Å². The van der Waals surface area contributed by atoms with Crippen molar-refractivity contribution in [3.8, 4) is 0 Å². The molecule has 106 valence electrons. The number of aliphatic hydroxyl groups excluding tert-OH is 1. The molecule has 1 aliphatic rings. The van der Waals surface area contributed by atoms with Gasteiger partial charge < -0.3 is 9.84 Å². The molecule has 0 aromatic heterocycles. The van der Waals surface area contributed by atoms with Crippen molar-refractivity contribution in [3.05, 3.63) is 35.4 Å². The second kappa shape index (κ2) is 6.41. The number of aliphatic hydroxyl groups is 1. The van der Waals surface area contributed by atoms with Crippen molar-refractivity contribution in [2.24, 2.45) is 0 Å². The van der Waals surface area contributed by atoms with Crippen LogP contribution >= 0.6 is 0 Å². The molecule has 1 heterocycles. The fraction of sp³-hybridized carbons (Fsp3) is 0.571. The normalized spacial score (nSPS) is 22.4. The Hall–Kier alpha value is -1.04. The maximum atomic E-state index is 13.7. The van der Waals surface area contributed by atoms with Crippen LogP contribution in [0.25, 0.3) is 0 Å². The molecule has 1 aromatic carbocycles. The fourth-order valence-corrected chi connectivity index (χ4v) is 2.25. The summed E-state index contributed by atoms with van der Waals surface area (Å²) in [5.74, 6) is -1.17. The smallest absolute Gasteiger partial charge is 0.131 e. The summed E-state index contributed by atoms with van der Waals surface area (Å²) in [6.07, 6.45) is -0.0948. The molecule has 0 bridgehead atoms. The van der Waals surface area contributed by atoms with Gasteiger partial charge in [0, 0.05) is 31.3 Å². The highest BCUT2D eigenvalue weighted by atomic mass is 19.1. The average molecular weight is 271 g/mol. The molecular weight excluding hydrogens is 252 g/mol. The van der Waals surface area contributed by atoms with E-state index in [4.69, 9.17) is 4.74 Å². The molecular formula is C14H19F2NO2. The minimum absolute atomic E-state index is 0.372. The van der Waals surface area contributed by atoms with E-state index in [2.05, 4.69) is 0 Å². The lowest BCUT2D eigenvalue weighted by Gasteiger charge is -2.34. The number of ether oxygens (including phenoxy) is 1. The van der Waals surface area contributed by atoms with Crippen molar-refractivity contribution in [2.75, 3.05) is 26.2 Å². The zero-order chi connectivity index (χ0) is 13.8. The zero-order valence-electron chi connectivity index (χ0n) is 11.0. The van der Waals surface area contributed by atoms with Crippen molar-refractivity contribution in [3.63, 3.8) is 0 Å². The highest BCUT2D eigenvalue weighted by Crippen LogP contribution is 2.25. The Kier molecular flexibility index (Phi) is 4.85. The molecule has 5 heteroatoms. The summed E-state index contributed by atoms with van der Waals surface area (Å²) in [6.45, 7) is 4.19. The maximum absolute atomic E-state index is 13.7. The highest BCUT2D eigenvalue weighted by Gasteiger charge is 2.25. The van der Waals surface area contributed by atoms with Gasteiger partial charge in [0.15, 0.2) is 0 Å². The number of halogens is 2. The van der Waals surface area contributed by atoms with Crippen LogP contribution in [0.15, 0.2) is 18.2 Å². The standard InChI is InChI=1S/C14H19F2NO2/c1-2-11(18)8-17-5-6-19-14(9-17)12-4-3-10(15)7-13(12)16/h3-4,7,11,14,18H,2,5-6,8-9H2,1H3/t11-,14-/m0/s1. The number of nitrogens with zero attached hydrogens (tertiary/aromatic N) is 1. The van der Waals surface area contributed by atoms with Crippen molar-refractivity contribution < 1.29 is 18.6 Å². The average Bonchev–Trinajstić information content (AvgIpc) is 2.39. The SMILES string of the molecule is CC[C@H](O)CN1CCO[C@H](c2ccc(F)cc2F)C1. The van der Waals surface area contributed by atoms with E-state index in [1.807, 2.05) is 11.8 Å². The van der Waals surface area contributed by atoms with E-state index in [0.717, 1.165) is 12.6 Å². The molecule has 1 fully saturated rings. The molecule has 1 aromatic rings. The van der Waals surface area contributed by atoms with Crippen LogP contribution in [0.2, 0.25) is 0 Å². The molecule has 2 rings (SSSR count). The van der Waals surface area contributed by atoms with E-state index in [9.17, 15) is 13.9 Å². The summed E-state index contributed by atoms with van der Waals surface area (Å²) < 4.78 is 32.1. The van der Waals surface area contributed by atoms with E-state index in [1.54, 1.807) is 0 Å². The summed E-state index contributed by atoms with van der Waals surface area (Å²) in [5, 5.41) is 9.65. The lowest BCUT2D eigenvalue weighted by atomic mass is 10.1. The Labute approximate surface area is 111 Å². The minimum atomic E-state index is -0.588. The van der Waals surface area contributed by atoms with E-state index < -0.39 is 17.7 Å². The molecule has 19 heavy (non-hydrogen) atoms. The molecule has 1 aliphatic heterocycles. The van der Waals surface area contributed by atoms with Gasteiger partial charge in [0.25, 0.3) is 0 Å². The Bertz CT molecular complexity index is 428. The van der Waals surface area contributed by atoms with Gasteiger partial charge in [-0.15, -0.1) is 0 Å². The molecule has 2 atom stereocenters. The first kappa shape index (κ1) is 14.4. The third-order valence-corrected chi connectivity index (χ3v) is 3.40. The predicted molar refractivity (Wildman–Crippen MR) is 67.8 cm³/mol. The maximum Gasteiger partial charge on any atom is 0.131 e. The van der Waals surface area contributed by atoms with Crippen molar-refractivity contribution in [1.82, 2.24) is 4.90 Å². The molecule has 3 nitrogen and oxygen atoms in total. The fourth-order valence-electron chi connectivity index (χ4n) is 2.25. The van der Waals surface area contributed by atoms with Crippen LogP contribution in [-0.4, -0.2) is 42.4 Å². The van der Waals surface area contributed by atoms with Gasteiger partial charge in [-0.05, 0) is 12.5 Å². The highest BCUT2D eigenvalue weighted by molar-refractivity contribution is 5.21. The summed E-state index contributed by atoms with van der Waals surface area (Å²) in [4.78, 5) is 2.05. The molecule has 0 amide bonds. The number of hydrogen-bond donors (Lipinski definition) is 1. The first-order valence-corrected chi connectivity index (χ1v) is 6.57. The van der Waals surface area contributed by atoms with E-state index >= 15 is 0 Å². The molecule has 0 aliphatic carbocycles. The Morgan fingerprint density at radius 1 is 1.47 bits per heavy atom. The van der Waals surface area contributed by atoms with Gasteiger partial charge in [0.2, 0.25) is 0 Å². The predicted octanol–water partition coefficient (Wildman–Crippen LogP) is 2.11. The lowest BCUT2D eigenvalue weighted by Crippen LogP contribution is -2.42. The van der Waals surface area contributed by atoms with Gasteiger partial charge >= 0.3 is 0 Å². The van der Waals surface area contributed by atoms with Gasteiger partial charge in [-0.2, -0.15) is 0 Å². The third kappa shape index (κ3) is 3.72. The second-order valence-corrected chi connectivity index (χ2v) is 4.85. The molecule has 0 saturated carbocycles. The number of benzene rings is 1. The van der Waals surface area contributed by atoms with Crippen molar-refractivity contribution in [2.45, 2.75) is 25.6 Å². The third-order valence-electron chi connectivity index (χ3n) is 3.40. The Morgan fingerprint density at radius 3 is 2.95 bits per heavy atom. The second-order valence-electron chi connectivity index (χ2n) is 4.85. The van der Waals surface area contributed by atoms with Crippen LogP contribution in [0.4, 0.5) is 8.78 Å². The molecule has 0 spiro atoms.